The van der Waals surface area contributed by atoms with Gasteiger partial charge in [0.05, 0.1) is 7.11 Å². The number of esters is 1. The second-order valence-corrected chi connectivity index (χ2v) is 5.62. The molecular formula is C18H18ClNO5. The standard InChI is InChI=1S/C18H18ClNO5/c1-24-14-6-7-15(16(21)10-14)18(23)25-11-17(22)20-9-8-12-2-4-13(19)5-3-12/h2-7,10,21H,8-9,11H2,1H3,(H,20,22). The van der Waals surface area contributed by atoms with E-state index in [0.717, 1.165) is 5.56 Å². The number of aromatic hydroxyl groups is 1. The van der Waals surface area contributed by atoms with E-state index in [1.165, 1.54) is 25.3 Å². The molecule has 0 saturated carbocycles. The third kappa shape index (κ3) is 5.69. The van der Waals surface area contributed by atoms with Crippen LogP contribution in [-0.4, -0.2) is 37.2 Å². The van der Waals surface area contributed by atoms with E-state index in [1.54, 1.807) is 12.1 Å². The Labute approximate surface area is 150 Å². The fraction of sp³-hybridized carbons (Fsp3) is 0.222. The van der Waals surface area contributed by atoms with Crippen LogP contribution < -0.4 is 10.1 Å². The van der Waals surface area contributed by atoms with Gasteiger partial charge < -0.3 is 19.9 Å². The molecule has 2 aromatic rings. The molecule has 0 bridgehead atoms. The van der Waals surface area contributed by atoms with Crippen molar-refractivity contribution >= 4 is 23.5 Å². The molecule has 0 atom stereocenters. The first-order valence-electron chi connectivity index (χ1n) is 7.55. The topological polar surface area (TPSA) is 84.9 Å². The quantitative estimate of drug-likeness (QED) is 0.738. The van der Waals surface area contributed by atoms with Gasteiger partial charge in [-0.1, -0.05) is 23.7 Å². The molecule has 0 fully saturated rings. The molecule has 2 aromatic carbocycles. The number of rotatable bonds is 7. The number of carbonyl (C=O) groups is 2. The van der Waals surface area contributed by atoms with E-state index in [-0.39, 0.29) is 11.3 Å². The highest BCUT2D eigenvalue weighted by atomic mass is 35.5. The molecule has 0 radical (unpaired) electrons. The van der Waals surface area contributed by atoms with Crippen LogP contribution in [0.5, 0.6) is 11.5 Å². The predicted octanol–water partition coefficient (Wildman–Crippen LogP) is 2.57. The molecule has 7 heteroatoms. The highest BCUT2D eigenvalue weighted by molar-refractivity contribution is 6.30. The summed E-state index contributed by atoms with van der Waals surface area (Å²) in [5, 5.41) is 13.1. The summed E-state index contributed by atoms with van der Waals surface area (Å²) in [7, 11) is 1.45. The summed E-state index contributed by atoms with van der Waals surface area (Å²) in [4.78, 5) is 23.6. The Bertz CT molecular complexity index is 746. The van der Waals surface area contributed by atoms with Crippen LogP contribution in [0.15, 0.2) is 42.5 Å². The number of amides is 1. The average Bonchev–Trinajstić information content (AvgIpc) is 2.61. The van der Waals surface area contributed by atoms with E-state index in [4.69, 9.17) is 21.1 Å². The van der Waals surface area contributed by atoms with Gasteiger partial charge >= 0.3 is 5.97 Å². The first kappa shape index (κ1) is 18.6. The molecule has 0 heterocycles. The Morgan fingerprint density at radius 3 is 2.52 bits per heavy atom. The van der Waals surface area contributed by atoms with Crippen molar-refractivity contribution in [1.29, 1.82) is 0 Å². The molecule has 0 spiro atoms. The Morgan fingerprint density at radius 1 is 1.16 bits per heavy atom. The number of carbonyl (C=O) groups excluding carboxylic acids is 2. The van der Waals surface area contributed by atoms with Gasteiger partial charge in [0.15, 0.2) is 6.61 Å². The number of phenols is 1. The van der Waals surface area contributed by atoms with Crippen LogP contribution in [0.1, 0.15) is 15.9 Å². The lowest BCUT2D eigenvalue weighted by molar-refractivity contribution is -0.124. The molecule has 25 heavy (non-hydrogen) atoms. The van der Waals surface area contributed by atoms with Crippen LogP contribution in [-0.2, 0) is 16.0 Å². The van der Waals surface area contributed by atoms with Crippen molar-refractivity contribution in [1.82, 2.24) is 5.32 Å². The number of hydrogen-bond donors (Lipinski definition) is 2. The number of ether oxygens (including phenoxy) is 2. The van der Waals surface area contributed by atoms with E-state index in [1.807, 2.05) is 12.1 Å². The second kappa shape index (κ2) is 8.94. The zero-order valence-electron chi connectivity index (χ0n) is 13.6. The first-order chi connectivity index (χ1) is 12.0. The molecule has 0 aliphatic carbocycles. The summed E-state index contributed by atoms with van der Waals surface area (Å²) in [6.07, 6.45) is 0.635. The van der Waals surface area contributed by atoms with E-state index in [2.05, 4.69) is 5.32 Å². The van der Waals surface area contributed by atoms with Crippen molar-refractivity contribution in [3.8, 4) is 11.5 Å². The Kier molecular flexibility index (Phi) is 6.65. The van der Waals surface area contributed by atoms with Gasteiger partial charge in [0.1, 0.15) is 17.1 Å². The fourth-order valence-electron chi connectivity index (χ4n) is 2.07. The monoisotopic (exact) mass is 363 g/mol. The highest BCUT2D eigenvalue weighted by Crippen LogP contribution is 2.23. The van der Waals surface area contributed by atoms with E-state index in [0.29, 0.717) is 23.7 Å². The summed E-state index contributed by atoms with van der Waals surface area (Å²) in [5.41, 5.74) is 1.000. The van der Waals surface area contributed by atoms with Gasteiger partial charge in [-0.3, -0.25) is 4.79 Å². The van der Waals surface area contributed by atoms with Crippen molar-refractivity contribution in [2.24, 2.45) is 0 Å². The van der Waals surface area contributed by atoms with E-state index >= 15 is 0 Å². The minimum atomic E-state index is -0.784. The maximum atomic E-state index is 11.9. The molecule has 0 aromatic heterocycles. The maximum absolute atomic E-state index is 11.9. The third-order valence-corrected chi connectivity index (χ3v) is 3.66. The van der Waals surface area contributed by atoms with Crippen molar-refractivity contribution < 1.29 is 24.2 Å². The Morgan fingerprint density at radius 2 is 1.88 bits per heavy atom. The molecule has 0 aliphatic heterocycles. The van der Waals surface area contributed by atoms with Crippen LogP contribution in [0.25, 0.3) is 0 Å². The Hall–Kier alpha value is -2.73. The molecule has 1 amide bonds. The van der Waals surface area contributed by atoms with Crippen molar-refractivity contribution in [3.05, 3.63) is 58.6 Å². The van der Waals surface area contributed by atoms with Crippen molar-refractivity contribution in [3.63, 3.8) is 0 Å². The zero-order chi connectivity index (χ0) is 18.2. The summed E-state index contributed by atoms with van der Waals surface area (Å²) in [5.74, 6) is -1.06. The van der Waals surface area contributed by atoms with Gasteiger partial charge in [0.2, 0.25) is 0 Å². The summed E-state index contributed by atoms with van der Waals surface area (Å²) < 4.78 is 9.83. The lowest BCUT2D eigenvalue weighted by Crippen LogP contribution is -2.30. The summed E-state index contributed by atoms with van der Waals surface area (Å²) in [6.45, 7) is -0.0171. The largest absolute Gasteiger partial charge is 0.507 e. The molecule has 2 N–H and O–H groups in total. The number of nitrogens with one attached hydrogen (secondary N) is 1. The number of methoxy groups -OCH3 is 1. The van der Waals surface area contributed by atoms with Crippen LogP contribution in [0.3, 0.4) is 0 Å². The normalized spacial score (nSPS) is 10.2. The number of benzene rings is 2. The minimum absolute atomic E-state index is 0.0326. The highest BCUT2D eigenvalue weighted by Gasteiger charge is 2.15. The lowest BCUT2D eigenvalue weighted by atomic mass is 10.1. The van der Waals surface area contributed by atoms with Crippen LogP contribution in [0.2, 0.25) is 5.02 Å². The van der Waals surface area contributed by atoms with Crippen LogP contribution in [0.4, 0.5) is 0 Å². The molecule has 0 aliphatic rings. The van der Waals surface area contributed by atoms with Crippen LogP contribution >= 0.6 is 11.6 Å². The Balaban J connectivity index is 1.75. The van der Waals surface area contributed by atoms with E-state index < -0.39 is 18.5 Å². The van der Waals surface area contributed by atoms with Crippen molar-refractivity contribution in [2.45, 2.75) is 6.42 Å². The van der Waals surface area contributed by atoms with Gasteiger partial charge in [0, 0.05) is 17.6 Å². The SMILES string of the molecule is COc1ccc(C(=O)OCC(=O)NCCc2ccc(Cl)cc2)c(O)c1. The number of hydrogen-bond acceptors (Lipinski definition) is 5. The number of halogens is 1. The van der Waals surface area contributed by atoms with E-state index in [9.17, 15) is 14.7 Å². The zero-order valence-corrected chi connectivity index (χ0v) is 14.4. The third-order valence-electron chi connectivity index (χ3n) is 3.41. The van der Waals surface area contributed by atoms with Crippen molar-refractivity contribution in [2.75, 3.05) is 20.3 Å². The minimum Gasteiger partial charge on any atom is -0.507 e. The van der Waals surface area contributed by atoms with Gasteiger partial charge in [-0.2, -0.15) is 0 Å². The fourth-order valence-corrected chi connectivity index (χ4v) is 2.19. The van der Waals surface area contributed by atoms with Gasteiger partial charge in [-0.15, -0.1) is 0 Å². The van der Waals surface area contributed by atoms with Gasteiger partial charge in [-0.05, 0) is 36.2 Å². The maximum Gasteiger partial charge on any atom is 0.342 e. The molecule has 6 nitrogen and oxygen atoms in total. The smallest absolute Gasteiger partial charge is 0.342 e. The molecule has 0 unspecified atom stereocenters. The van der Waals surface area contributed by atoms with Gasteiger partial charge in [0.25, 0.3) is 5.91 Å². The summed E-state index contributed by atoms with van der Waals surface area (Å²) >= 11 is 5.80. The average molecular weight is 364 g/mol. The summed E-state index contributed by atoms with van der Waals surface area (Å²) in [6, 6.07) is 11.5. The molecular weight excluding hydrogens is 346 g/mol. The second-order valence-electron chi connectivity index (χ2n) is 5.19. The predicted molar refractivity (Wildman–Crippen MR) is 93.1 cm³/mol. The lowest BCUT2D eigenvalue weighted by Gasteiger charge is -2.08. The number of phenolic OH excluding ortho intramolecular Hbond substituents is 1. The first-order valence-corrected chi connectivity index (χ1v) is 7.92. The molecule has 2 rings (SSSR count). The van der Waals surface area contributed by atoms with Crippen LogP contribution in [0, 0.1) is 0 Å². The molecule has 132 valence electrons. The van der Waals surface area contributed by atoms with Gasteiger partial charge in [-0.25, -0.2) is 4.79 Å². The molecule has 0 saturated heterocycles.